The van der Waals surface area contributed by atoms with E-state index in [4.69, 9.17) is 0 Å². The second-order valence-corrected chi connectivity index (χ2v) is 4.14. The van der Waals surface area contributed by atoms with E-state index in [-0.39, 0.29) is 6.10 Å². The molecular formula is C12H18N2O. The Balaban J connectivity index is 1.74. The zero-order valence-electron chi connectivity index (χ0n) is 8.97. The number of aliphatic hydroxyl groups is 1. The Morgan fingerprint density at radius 2 is 2.13 bits per heavy atom. The molecule has 0 bridgehead atoms. The van der Waals surface area contributed by atoms with Crippen LogP contribution in [0.3, 0.4) is 0 Å². The van der Waals surface area contributed by atoms with Gasteiger partial charge >= 0.3 is 0 Å². The van der Waals surface area contributed by atoms with Crippen molar-refractivity contribution >= 4 is 0 Å². The summed E-state index contributed by atoms with van der Waals surface area (Å²) in [6, 6.07) is 6.04. The number of rotatable bonds is 3. The molecule has 0 aliphatic carbocycles. The first-order chi connectivity index (χ1) is 7.34. The summed E-state index contributed by atoms with van der Waals surface area (Å²) >= 11 is 0. The van der Waals surface area contributed by atoms with Gasteiger partial charge in [0.2, 0.25) is 0 Å². The molecule has 0 amide bonds. The van der Waals surface area contributed by atoms with Crippen molar-refractivity contribution in [2.75, 3.05) is 19.6 Å². The predicted octanol–water partition coefficient (Wildman–Crippen LogP) is 1.08. The van der Waals surface area contributed by atoms with Gasteiger partial charge in [-0.05, 0) is 25.0 Å². The van der Waals surface area contributed by atoms with Crippen LogP contribution in [0.1, 0.15) is 18.5 Å². The van der Waals surface area contributed by atoms with Crippen LogP contribution in [0.5, 0.6) is 0 Å². The molecule has 82 valence electrons. The minimum atomic E-state index is -0.0731. The van der Waals surface area contributed by atoms with E-state index in [1.165, 1.54) is 0 Å². The van der Waals surface area contributed by atoms with Crippen LogP contribution >= 0.6 is 0 Å². The van der Waals surface area contributed by atoms with Gasteiger partial charge in [0.25, 0.3) is 0 Å². The molecule has 1 aromatic heterocycles. The molecule has 15 heavy (non-hydrogen) atoms. The summed E-state index contributed by atoms with van der Waals surface area (Å²) in [4.78, 5) is 6.71. The van der Waals surface area contributed by atoms with Crippen molar-refractivity contribution < 1.29 is 5.11 Å². The Hall–Kier alpha value is -0.930. The van der Waals surface area contributed by atoms with E-state index in [0.29, 0.717) is 0 Å². The fourth-order valence-corrected chi connectivity index (χ4v) is 1.96. The van der Waals surface area contributed by atoms with E-state index < -0.39 is 0 Å². The van der Waals surface area contributed by atoms with E-state index in [0.717, 1.165) is 44.6 Å². The number of likely N-dealkylation sites (tertiary alicyclic amines) is 1. The Bertz CT molecular complexity index is 281. The maximum atomic E-state index is 9.37. The molecule has 1 aliphatic rings. The molecule has 1 fully saturated rings. The molecule has 1 saturated heterocycles. The van der Waals surface area contributed by atoms with Gasteiger partial charge in [0.1, 0.15) is 0 Å². The summed E-state index contributed by atoms with van der Waals surface area (Å²) in [5.74, 6) is 0. The van der Waals surface area contributed by atoms with Crippen LogP contribution in [-0.2, 0) is 6.42 Å². The average molecular weight is 206 g/mol. The molecule has 0 spiro atoms. The summed E-state index contributed by atoms with van der Waals surface area (Å²) in [6.45, 7) is 3.10. The first kappa shape index (κ1) is 10.6. The molecule has 1 aliphatic heterocycles. The monoisotopic (exact) mass is 206 g/mol. The van der Waals surface area contributed by atoms with Gasteiger partial charge in [0.05, 0.1) is 6.10 Å². The highest BCUT2D eigenvalue weighted by atomic mass is 16.3. The predicted molar refractivity (Wildman–Crippen MR) is 59.6 cm³/mol. The van der Waals surface area contributed by atoms with E-state index in [2.05, 4.69) is 16.0 Å². The minimum absolute atomic E-state index is 0.0731. The third-order valence-corrected chi connectivity index (χ3v) is 2.97. The molecule has 0 saturated carbocycles. The summed E-state index contributed by atoms with van der Waals surface area (Å²) in [5, 5.41) is 9.37. The quantitative estimate of drug-likeness (QED) is 0.804. The van der Waals surface area contributed by atoms with Crippen LogP contribution < -0.4 is 0 Å². The van der Waals surface area contributed by atoms with Gasteiger partial charge in [-0.25, -0.2) is 0 Å². The molecule has 0 radical (unpaired) electrons. The van der Waals surface area contributed by atoms with Crippen LogP contribution in [-0.4, -0.2) is 40.7 Å². The standard InChI is InChI=1S/C12H18N2O/c15-12-5-9-14(10-6-12)8-4-11-3-1-2-7-13-11/h1-3,7,12,15H,4-6,8-10H2. The van der Waals surface area contributed by atoms with E-state index in [9.17, 15) is 5.11 Å². The smallest absolute Gasteiger partial charge is 0.0564 e. The second-order valence-electron chi connectivity index (χ2n) is 4.14. The molecule has 0 aromatic carbocycles. The van der Waals surface area contributed by atoms with Crippen LogP contribution in [0.25, 0.3) is 0 Å². The molecule has 2 heterocycles. The molecule has 1 N–H and O–H groups in total. The molecule has 0 atom stereocenters. The maximum Gasteiger partial charge on any atom is 0.0564 e. The van der Waals surface area contributed by atoms with Crippen molar-refractivity contribution in [2.24, 2.45) is 0 Å². The number of aromatic nitrogens is 1. The van der Waals surface area contributed by atoms with Crippen molar-refractivity contribution in [1.29, 1.82) is 0 Å². The van der Waals surface area contributed by atoms with Crippen LogP contribution in [0.4, 0.5) is 0 Å². The van der Waals surface area contributed by atoms with Gasteiger partial charge in [-0.3, -0.25) is 4.98 Å². The number of hydrogen-bond acceptors (Lipinski definition) is 3. The third-order valence-electron chi connectivity index (χ3n) is 2.97. The minimum Gasteiger partial charge on any atom is -0.393 e. The molecule has 2 rings (SSSR count). The summed E-state index contributed by atoms with van der Waals surface area (Å²) < 4.78 is 0. The lowest BCUT2D eigenvalue weighted by molar-refractivity contribution is 0.0831. The lowest BCUT2D eigenvalue weighted by Crippen LogP contribution is -2.37. The second kappa shape index (κ2) is 5.24. The fraction of sp³-hybridized carbons (Fsp3) is 0.583. The van der Waals surface area contributed by atoms with Crippen molar-refractivity contribution in [3.05, 3.63) is 30.1 Å². The van der Waals surface area contributed by atoms with E-state index in [1.807, 2.05) is 18.3 Å². The van der Waals surface area contributed by atoms with E-state index in [1.54, 1.807) is 0 Å². The maximum absolute atomic E-state index is 9.37. The Morgan fingerprint density at radius 3 is 2.80 bits per heavy atom. The van der Waals surface area contributed by atoms with Crippen molar-refractivity contribution in [2.45, 2.75) is 25.4 Å². The lowest BCUT2D eigenvalue weighted by atomic mass is 10.1. The largest absolute Gasteiger partial charge is 0.393 e. The van der Waals surface area contributed by atoms with Gasteiger partial charge in [-0.2, -0.15) is 0 Å². The highest BCUT2D eigenvalue weighted by molar-refractivity contribution is 5.03. The van der Waals surface area contributed by atoms with Crippen LogP contribution in [0.2, 0.25) is 0 Å². The van der Waals surface area contributed by atoms with Crippen LogP contribution in [0.15, 0.2) is 24.4 Å². The number of nitrogens with zero attached hydrogens (tertiary/aromatic N) is 2. The normalized spacial score (nSPS) is 19.3. The fourth-order valence-electron chi connectivity index (χ4n) is 1.96. The third kappa shape index (κ3) is 3.29. The topological polar surface area (TPSA) is 36.4 Å². The van der Waals surface area contributed by atoms with Gasteiger partial charge in [0, 0.05) is 37.9 Å². The number of hydrogen-bond donors (Lipinski definition) is 1. The van der Waals surface area contributed by atoms with E-state index >= 15 is 0 Å². The zero-order valence-corrected chi connectivity index (χ0v) is 8.97. The molecule has 1 aromatic rings. The first-order valence-corrected chi connectivity index (χ1v) is 5.65. The SMILES string of the molecule is OC1CCN(CCc2ccccn2)CC1. The molecule has 0 unspecified atom stereocenters. The highest BCUT2D eigenvalue weighted by Crippen LogP contribution is 2.10. The van der Waals surface area contributed by atoms with Crippen molar-refractivity contribution in [3.63, 3.8) is 0 Å². The summed E-state index contributed by atoms with van der Waals surface area (Å²) in [5.41, 5.74) is 1.16. The number of aliphatic hydroxyl groups excluding tert-OH is 1. The Labute approximate surface area is 90.8 Å². The van der Waals surface area contributed by atoms with Gasteiger partial charge < -0.3 is 10.0 Å². The zero-order chi connectivity index (χ0) is 10.5. The highest BCUT2D eigenvalue weighted by Gasteiger charge is 2.16. The van der Waals surface area contributed by atoms with Gasteiger partial charge in [0.15, 0.2) is 0 Å². The first-order valence-electron chi connectivity index (χ1n) is 5.65. The number of piperidine rings is 1. The van der Waals surface area contributed by atoms with Crippen molar-refractivity contribution in [1.82, 2.24) is 9.88 Å². The Morgan fingerprint density at radius 1 is 1.33 bits per heavy atom. The molecule has 3 heteroatoms. The molecular weight excluding hydrogens is 188 g/mol. The molecule has 3 nitrogen and oxygen atoms in total. The average Bonchev–Trinajstić information content (AvgIpc) is 2.30. The number of pyridine rings is 1. The lowest BCUT2D eigenvalue weighted by Gasteiger charge is -2.29. The summed E-state index contributed by atoms with van der Waals surface area (Å²) in [6.07, 6.45) is 4.62. The van der Waals surface area contributed by atoms with Gasteiger partial charge in [-0.1, -0.05) is 6.07 Å². The Kier molecular flexibility index (Phi) is 3.69. The summed E-state index contributed by atoms with van der Waals surface area (Å²) in [7, 11) is 0. The van der Waals surface area contributed by atoms with Crippen LogP contribution in [0, 0.1) is 0 Å². The van der Waals surface area contributed by atoms with Gasteiger partial charge in [-0.15, -0.1) is 0 Å². The van der Waals surface area contributed by atoms with Crippen molar-refractivity contribution in [3.8, 4) is 0 Å².